The number of halogens is 3. The van der Waals surface area contributed by atoms with Crippen molar-refractivity contribution in [2.24, 2.45) is 11.5 Å². The topological polar surface area (TPSA) is 186 Å². The molecule has 2 atom stereocenters. The molecule has 11 nitrogen and oxygen atoms in total. The SMILES string of the molecule is CC(=O)N1CC=C[C@H]1C(=O)N[C@@H](CCC[NH+]=C(N)N)C(=O)c1nc2ccccc2s1.O=C([O-])C(F)(F)F. The molecule has 1 aliphatic rings. The molecule has 0 bridgehead atoms. The van der Waals surface area contributed by atoms with Crippen molar-refractivity contribution in [1.82, 2.24) is 15.2 Å². The molecule has 0 unspecified atom stereocenters. The number of hydrogen-bond donors (Lipinski definition) is 4. The number of alkyl halides is 3. The van der Waals surface area contributed by atoms with E-state index in [0.717, 1.165) is 10.2 Å². The number of amides is 2. The minimum Gasteiger partial charge on any atom is -0.542 e. The van der Waals surface area contributed by atoms with Crippen LogP contribution in [0.2, 0.25) is 0 Å². The molecule has 0 spiro atoms. The Kier molecular flexibility index (Phi) is 10.1. The lowest BCUT2D eigenvalue weighted by Gasteiger charge is -2.24. The van der Waals surface area contributed by atoms with Crippen LogP contribution in [0.1, 0.15) is 29.6 Å². The number of carbonyl (C=O) groups is 4. The number of thiazole rings is 1. The van der Waals surface area contributed by atoms with Crippen LogP contribution in [0.15, 0.2) is 36.4 Å². The molecule has 0 fully saturated rings. The van der Waals surface area contributed by atoms with E-state index in [-0.39, 0.29) is 17.6 Å². The average Bonchev–Trinajstić information content (AvgIpc) is 3.47. The molecule has 6 N–H and O–H groups in total. The summed E-state index contributed by atoms with van der Waals surface area (Å²) in [5.41, 5.74) is 11.5. The zero-order valence-corrected chi connectivity index (χ0v) is 20.4. The van der Waals surface area contributed by atoms with Crippen molar-refractivity contribution in [3.8, 4) is 0 Å². The van der Waals surface area contributed by atoms with E-state index in [1.54, 1.807) is 12.2 Å². The highest BCUT2D eigenvalue weighted by Crippen LogP contribution is 2.23. The number of fused-ring (bicyclic) bond motifs is 1. The molecule has 2 aromatic rings. The fraction of sp³-hybridized carbons (Fsp3) is 0.364. The maximum absolute atomic E-state index is 13.2. The van der Waals surface area contributed by atoms with Gasteiger partial charge in [-0.05, 0) is 25.0 Å². The second-order valence-electron chi connectivity index (χ2n) is 7.77. The van der Waals surface area contributed by atoms with Crippen molar-refractivity contribution in [2.45, 2.75) is 38.0 Å². The molecule has 1 aromatic carbocycles. The molecule has 2 heterocycles. The maximum Gasteiger partial charge on any atom is 0.430 e. The van der Waals surface area contributed by atoms with Crippen molar-refractivity contribution in [3.63, 3.8) is 0 Å². The molecular formula is C22H25F3N6O5S. The van der Waals surface area contributed by atoms with Gasteiger partial charge in [0.2, 0.25) is 17.6 Å². The van der Waals surface area contributed by atoms with Gasteiger partial charge in [0.05, 0.1) is 22.8 Å². The highest BCUT2D eigenvalue weighted by Gasteiger charge is 2.32. The molecule has 1 aromatic heterocycles. The number of Topliss-reactive ketones (excluding diaryl/α,β-unsaturated/α-hetero) is 1. The number of carbonyl (C=O) groups excluding carboxylic acids is 4. The summed E-state index contributed by atoms with van der Waals surface area (Å²) in [5, 5.41) is 11.9. The molecule has 0 saturated carbocycles. The minimum atomic E-state index is -5.19. The van der Waals surface area contributed by atoms with Crippen LogP contribution in [0.3, 0.4) is 0 Å². The van der Waals surface area contributed by atoms with Gasteiger partial charge >= 0.3 is 12.1 Å². The number of ketones is 1. The number of carboxylic acids is 1. The molecule has 37 heavy (non-hydrogen) atoms. The number of carboxylic acid groups (broad SMARTS) is 1. The number of rotatable bonds is 8. The van der Waals surface area contributed by atoms with Gasteiger partial charge in [-0.15, -0.1) is 11.3 Å². The summed E-state index contributed by atoms with van der Waals surface area (Å²) in [7, 11) is 0. The predicted octanol–water partition coefficient (Wildman–Crippen LogP) is -1.82. The zero-order valence-electron chi connectivity index (χ0n) is 19.6. The van der Waals surface area contributed by atoms with Crippen LogP contribution in [0, 0.1) is 0 Å². The van der Waals surface area contributed by atoms with Crippen LogP contribution in [0.5, 0.6) is 0 Å². The molecular weight excluding hydrogens is 517 g/mol. The smallest absolute Gasteiger partial charge is 0.430 e. The first kappa shape index (κ1) is 29.2. The number of nitrogens with zero attached hydrogens (tertiary/aromatic N) is 2. The van der Waals surface area contributed by atoms with Gasteiger partial charge in [-0.25, -0.2) is 4.98 Å². The lowest BCUT2D eigenvalue weighted by Crippen LogP contribution is -2.78. The average molecular weight is 543 g/mol. The maximum atomic E-state index is 13.2. The first-order valence-electron chi connectivity index (χ1n) is 10.8. The molecule has 200 valence electrons. The molecule has 0 aliphatic carbocycles. The molecule has 0 radical (unpaired) electrons. The first-order chi connectivity index (χ1) is 17.3. The van der Waals surface area contributed by atoms with Crippen molar-refractivity contribution >= 4 is 51.1 Å². The van der Waals surface area contributed by atoms with E-state index >= 15 is 0 Å². The summed E-state index contributed by atoms with van der Waals surface area (Å²) < 4.78 is 32.5. The number of benzene rings is 1. The first-order valence-corrected chi connectivity index (χ1v) is 11.7. The third kappa shape index (κ3) is 8.56. The van der Waals surface area contributed by atoms with Gasteiger partial charge in [0.25, 0.3) is 0 Å². The van der Waals surface area contributed by atoms with E-state index < -0.39 is 30.1 Å². The normalized spacial score (nSPS) is 15.5. The monoisotopic (exact) mass is 542 g/mol. The number of nitrogens with two attached hydrogens (primary N) is 2. The van der Waals surface area contributed by atoms with Gasteiger partial charge < -0.3 is 20.1 Å². The van der Waals surface area contributed by atoms with Gasteiger partial charge in [0.1, 0.15) is 12.0 Å². The Morgan fingerprint density at radius 2 is 1.92 bits per heavy atom. The highest BCUT2D eigenvalue weighted by atomic mass is 32.1. The third-order valence-corrected chi connectivity index (χ3v) is 6.05. The Hall–Kier alpha value is -4.01. The van der Waals surface area contributed by atoms with Crippen molar-refractivity contribution < 1.29 is 42.4 Å². The summed E-state index contributed by atoms with van der Waals surface area (Å²) >= 11 is 1.29. The number of aromatic nitrogens is 1. The van der Waals surface area contributed by atoms with Gasteiger partial charge in [-0.3, -0.25) is 30.8 Å². The second-order valence-corrected chi connectivity index (χ2v) is 8.80. The Morgan fingerprint density at radius 1 is 1.27 bits per heavy atom. The van der Waals surface area contributed by atoms with Gasteiger partial charge in [-0.1, -0.05) is 24.3 Å². The van der Waals surface area contributed by atoms with Crippen molar-refractivity contribution in [3.05, 3.63) is 41.4 Å². The van der Waals surface area contributed by atoms with Crippen LogP contribution in [0.4, 0.5) is 13.2 Å². The van der Waals surface area contributed by atoms with E-state index in [9.17, 15) is 27.6 Å². The van der Waals surface area contributed by atoms with E-state index in [0.29, 0.717) is 30.9 Å². The minimum absolute atomic E-state index is 0.0984. The van der Waals surface area contributed by atoms with Crippen molar-refractivity contribution in [1.29, 1.82) is 0 Å². The lowest BCUT2D eigenvalue weighted by molar-refractivity contribution is -0.459. The standard InChI is InChI=1S/C20H24N6O3S.C2HF3O2/c1-12(27)26-11-5-8-15(26)18(29)24-14(7-4-10-23-20(21)22)17(28)19-25-13-6-2-3-9-16(13)30-19;3-2(4,5)1(6)7/h2-3,5-6,8-9,14-15H,4,7,10-11H2,1H3,(H,24,29)(H4,21,22,23);(H,6,7)/t14-,15-;/m0./s1. The van der Waals surface area contributed by atoms with Crippen LogP contribution in [-0.2, 0) is 14.4 Å². The molecule has 3 rings (SSSR count). The number of para-hydroxylation sites is 1. The Balaban J connectivity index is 0.000000604. The number of nitrogens with one attached hydrogen (secondary N) is 2. The van der Waals surface area contributed by atoms with Crippen LogP contribution in [0.25, 0.3) is 10.2 Å². The van der Waals surface area contributed by atoms with Gasteiger partial charge in [0, 0.05) is 13.5 Å². The van der Waals surface area contributed by atoms with E-state index in [1.807, 2.05) is 24.3 Å². The fourth-order valence-corrected chi connectivity index (χ4v) is 4.23. The summed E-state index contributed by atoms with van der Waals surface area (Å²) in [5.74, 6) is -3.76. The summed E-state index contributed by atoms with van der Waals surface area (Å²) in [6, 6.07) is 5.98. The molecule has 2 amide bonds. The van der Waals surface area contributed by atoms with Crippen LogP contribution < -0.4 is 26.9 Å². The van der Waals surface area contributed by atoms with Crippen LogP contribution in [-0.4, -0.2) is 70.8 Å². The predicted molar refractivity (Wildman–Crippen MR) is 126 cm³/mol. The van der Waals surface area contributed by atoms with E-state index in [1.165, 1.54) is 23.2 Å². The Labute approximate surface area is 213 Å². The summed E-state index contributed by atoms with van der Waals surface area (Å²) in [4.78, 5) is 55.2. The van der Waals surface area contributed by atoms with Gasteiger partial charge in [-0.2, -0.15) is 13.2 Å². The Bertz CT molecular complexity index is 1180. The number of hydrogen-bond acceptors (Lipinski definition) is 7. The van der Waals surface area contributed by atoms with E-state index in [4.69, 9.17) is 21.4 Å². The molecule has 1 aliphatic heterocycles. The molecule has 15 heteroatoms. The van der Waals surface area contributed by atoms with Crippen molar-refractivity contribution in [2.75, 3.05) is 13.1 Å². The molecule has 0 saturated heterocycles. The van der Waals surface area contributed by atoms with Gasteiger partial charge in [0.15, 0.2) is 5.01 Å². The summed E-state index contributed by atoms with van der Waals surface area (Å²) in [6.45, 7) is 2.25. The zero-order chi connectivity index (χ0) is 27.8. The fourth-order valence-electron chi connectivity index (χ4n) is 3.27. The largest absolute Gasteiger partial charge is 0.542 e. The highest BCUT2D eigenvalue weighted by molar-refractivity contribution is 7.20. The third-order valence-electron chi connectivity index (χ3n) is 5.00. The van der Waals surface area contributed by atoms with E-state index in [2.05, 4.69) is 15.3 Å². The number of guanidine groups is 1. The summed E-state index contributed by atoms with van der Waals surface area (Å²) in [6.07, 6.45) is -0.838. The number of aliphatic carboxylic acids is 1. The lowest BCUT2D eigenvalue weighted by atomic mass is 10.1. The Morgan fingerprint density at radius 3 is 2.49 bits per heavy atom. The van der Waals surface area contributed by atoms with Crippen LogP contribution >= 0.6 is 11.3 Å². The quantitative estimate of drug-likeness (QED) is 0.0988. The second kappa shape index (κ2) is 12.8.